The highest BCUT2D eigenvalue weighted by Crippen LogP contribution is 2.36. The lowest BCUT2D eigenvalue weighted by molar-refractivity contribution is -0.384. The number of ether oxygens (including phenoxy) is 2. The summed E-state index contributed by atoms with van der Waals surface area (Å²) < 4.78 is 11.9. The number of nitrogens with zero attached hydrogens (tertiary/aromatic N) is 2. The number of carbonyl (C=O) groups excluding carboxylic acids is 2. The Kier molecular flexibility index (Phi) is 7.36. The molecular formula is C23H10Br2Cl2N2O6. The maximum atomic E-state index is 12.8. The number of esters is 2. The smallest absolute Gasteiger partial charge is 0.363 e. The quantitative estimate of drug-likeness (QED) is 0.0978. The maximum absolute atomic E-state index is 12.8. The number of non-ortho nitro benzene ring substituents is 1. The second-order valence-corrected chi connectivity index (χ2v) is 9.57. The topological polar surface area (TPSA) is 108 Å². The molecule has 3 aromatic rings. The van der Waals surface area contributed by atoms with Crippen LogP contribution in [0.15, 0.2) is 74.2 Å². The van der Waals surface area contributed by atoms with E-state index < -0.39 is 16.9 Å². The van der Waals surface area contributed by atoms with E-state index in [-0.39, 0.29) is 33.6 Å². The monoisotopic (exact) mass is 638 g/mol. The summed E-state index contributed by atoms with van der Waals surface area (Å²) in [6.07, 6.45) is 1.39. The molecule has 0 radical (unpaired) electrons. The van der Waals surface area contributed by atoms with Crippen molar-refractivity contribution in [1.29, 1.82) is 0 Å². The molecular weight excluding hydrogens is 631 g/mol. The van der Waals surface area contributed by atoms with E-state index in [1.165, 1.54) is 48.5 Å². The molecule has 0 spiro atoms. The largest absolute Gasteiger partial charge is 0.421 e. The van der Waals surface area contributed by atoms with Crippen LogP contribution in [0.2, 0.25) is 10.0 Å². The molecule has 0 bridgehead atoms. The van der Waals surface area contributed by atoms with Gasteiger partial charge in [-0.15, -0.1) is 0 Å². The predicted molar refractivity (Wildman–Crippen MR) is 137 cm³/mol. The number of nitro benzene ring substituents is 1. The van der Waals surface area contributed by atoms with E-state index in [1.807, 2.05) is 0 Å². The van der Waals surface area contributed by atoms with Crippen molar-refractivity contribution in [3.8, 4) is 5.75 Å². The highest BCUT2D eigenvalue weighted by molar-refractivity contribution is 9.11. The van der Waals surface area contributed by atoms with Crippen molar-refractivity contribution in [2.75, 3.05) is 0 Å². The molecule has 0 unspecified atom stereocenters. The van der Waals surface area contributed by atoms with Crippen molar-refractivity contribution in [2.45, 2.75) is 0 Å². The molecule has 0 atom stereocenters. The Hall–Kier alpha value is -3.05. The summed E-state index contributed by atoms with van der Waals surface area (Å²) in [5, 5.41) is 11.3. The molecule has 3 aromatic carbocycles. The van der Waals surface area contributed by atoms with Crippen LogP contribution in [0.5, 0.6) is 5.75 Å². The second-order valence-electron chi connectivity index (χ2n) is 6.96. The SMILES string of the molecule is O=C1OC(c2ccc([N+](=O)[O-])cc2)=N/C1=C\c1cc(Br)cc(Br)c1OC(=O)c1ccc(Cl)cc1Cl. The summed E-state index contributed by atoms with van der Waals surface area (Å²) in [5.41, 5.74) is 0.645. The van der Waals surface area contributed by atoms with Crippen molar-refractivity contribution >= 4 is 84.7 Å². The van der Waals surface area contributed by atoms with E-state index in [0.717, 1.165) is 0 Å². The summed E-state index contributed by atoms with van der Waals surface area (Å²) in [4.78, 5) is 39.8. The van der Waals surface area contributed by atoms with E-state index in [0.29, 0.717) is 25.1 Å². The van der Waals surface area contributed by atoms with Crippen LogP contribution in [0.4, 0.5) is 5.69 Å². The van der Waals surface area contributed by atoms with Gasteiger partial charge in [0, 0.05) is 32.8 Å². The van der Waals surface area contributed by atoms with Crippen LogP contribution in [0, 0.1) is 10.1 Å². The van der Waals surface area contributed by atoms with Gasteiger partial charge in [0.25, 0.3) is 5.69 Å². The van der Waals surface area contributed by atoms with E-state index in [4.69, 9.17) is 32.7 Å². The molecule has 1 aliphatic heterocycles. The van der Waals surface area contributed by atoms with E-state index in [1.54, 1.807) is 12.1 Å². The molecule has 176 valence electrons. The fourth-order valence-corrected chi connectivity index (χ4v) is 4.83. The van der Waals surface area contributed by atoms with Crippen LogP contribution >= 0.6 is 55.1 Å². The predicted octanol–water partition coefficient (Wildman–Crippen LogP) is 6.99. The highest BCUT2D eigenvalue weighted by atomic mass is 79.9. The zero-order valence-corrected chi connectivity index (χ0v) is 21.8. The van der Waals surface area contributed by atoms with Crippen LogP contribution in [-0.4, -0.2) is 22.8 Å². The molecule has 1 heterocycles. The van der Waals surface area contributed by atoms with Crippen molar-refractivity contribution in [3.05, 3.63) is 106 Å². The van der Waals surface area contributed by atoms with Crippen molar-refractivity contribution in [3.63, 3.8) is 0 Å². The van der Waals surface area contributed by atoms with Crippen molar-refractivity contribution in [1.82, 2.24) is 0 Å². The van der Waals surface area contributed by atoms with Crippen LogP contribution in [0.25, 0.3) is 6.08 Å². The molecule has 0 aromatic heterocycles. The van der Waals surface area contributed by atoms with Gasteiger partial charge < -0.3 is 9.47 Å². The standard InChI is InChI=1S/C23H10Br2Cl2N2O6/c24-13-7-12(20(17(25)9-13)34-22(30)16-6-3-14(26)10-18(16)27)8-19-23(31)35-21(28-19)11-1-4-15(5-2-11)29(32)33/h1-10H/b19-8-. The first-order valence-electron chi connectivity index (χ1n) is 9.56. The number of benzene rings is 3. The van der Waals surface area contributed by atoms with Gasteiger partial charge in [-0.05, 0) is 64.5 Å². The zero-order chi connectivity index (χ0) is 25.3. The van der Waals surface area contributed by atoms with Crippen LogP contribution < -0.4 is 4.74 Å². The Morgan fingerprint density at radius 3 is 2.46 bits per heavy atom. The first kappa shape index (κ1) is 25.1. The number of hydrogen-bond acceptors (Lipinski definition) is 7. The van der Waals surface area contributed by atoms with E-state index >= 15 is 0 Å². The van der Waals surface area contributed by atoms with Gasteiger partial charge in [-0.25, -0.2) is 14.6 Å². The summed E-state index contributed by atoms with van der Waals surface area (Å²) >= 11 is 18.7. The van der Waals surface area contributed by atoms with E-state index in [2.05, 4.69) is 36.9 Å². The molecule has 0 N–H and O–H groups in total. The lowest BCUT2D eigenvalue weighted by Crippen LogP contribution is -2.10. The van der Waals surface area contributed by atoms with Gasteiger partial charge in [0.1, 0.15) is 0 Å². The average molecular weight is 641 g/mol. The summed E-state index contributed by atoms with van der Waals surface area (Å²) in [6, 6.07) is 13.0. The summed E-state index contributed by atoms with van der Waals surface area (Å²) in [6.45, 7) is 0. The average Bonchev–Trinajstić information content (AvgIpc) is 3.16. The Bertz CT molecular complexity index is 1460. The molecule has 0 fully saturated rings. The summed E-state index contributed by atoms with van der Waals surface area (Å²) in [7, 11) is 0. The lowest BCUT2D eigenvalue weighted by Gasteiger charge is -2.12. The first-order valence-corrected chi connectivity index (χ1v) is 11.9. The van der Waals surface area contributed by atoms with Gasteiger partial charge in [0.05, 0.1) is 20.0 Å². The third-order valence-electron chi connectivity index (χ3n) is 4.62. The number of aliphatic imine (C=N–C) groups is 1. The number of hydrogen-bond donors (Lipinski definition) is 0. The van der Waals surface area contributed by atoms with Crippen LogP contribution in [-0.2, 0) is 9.53 Å². The van der Waals surface area contributed by atoms with E-state index in [9.17, 15) is 19.7 Å². The Morgan fingerprint density at radius 2 is 1.80 bits per heavy atom. The number of cyclic esters (lactones) is 1. The van der Waals surface area contributed by atoms with Gasteiger partial charge in [-0.1, -0.05) is 39.1 Å². The molecule has 0 aliphatic carbocycles. The first-order chi connectivity index (χ1) is 16.6. The third-order valence-corrected chi connectivity index (χ3v) is 6.22. The molecule has 1 aliphatic rings. The second kappa shape index (κ2) is 10.3. The minimum absolute atomic E-state index is 0.0169. The number of rotatable bonds is 5. The minimum atomic E-state index is -0.743. The Labute approximate surface area is 224 Å². The van der Waals surface area contributed by atoms with Crippen LogP contribution in [0.3, 0.4) is 0 Å². The number of nitro groups is 1. The van der Waals surface area contributed by atoms with Gasteiger partial charge >= 0.3 is 11.9 Å². The van der Waals surface area contributed by atoms with Crippen molar-refractivity contribution < 1.29 is 24.0 Å². The molecule has 12 heteroatoms. The molecule has 4 rings (SSSR count). The molecule has 0 saturated heterocycles. The third kappa shape index (κ3) is 5.62. The molecule has 0 saturated carbocycles. The Balaban J connectivity index is 1.69. The number of carbonyl (C=O) groups is 2. The van der Waals surface area contributed by atoms with Gasteiger partial charge in [-0.2, -0.15) is 0 Å². The number of halogens is 4. The lowest BCUT2D eigenvalue weighted by atomic mass is 10.1. The van der Waals surface area contributed by atoms with Gasteiger partial charge in [0.2, 0.25) is 5.90 Å². The zero-order valence-electron chi connectivity index (χ0n) is 17.1. The Morgan fingerprint density at radius 1 is 1.09 bits per heavy atom. The fourth-order valence-electron chi connectivity index (χ4n) is 3.00. The normalized spacial score (nSPS) is 14.0. The maximum Gasteiger partial charge on any atom is 0.363 e. The summed E-state index contributed by atoms with van der Waals surface area (Å²) in [5.74, 6) is -1.38. The van der Waals surface area contributed by atoms with Crippen LogP contribution in [0.1, 0.15) is 21.5 Å². The highest BCUT2D eigenvalue weighted by Gasteiger charge is 2.26. The van der Waals surface area contributed by atoms with Gasteiger partial charge in [0.15, 0.2) is 11.4 Å². The molecule has 35 heavy (non-hydrogen) atoms. The fraction of sp³-hybridized carbons (Fsp3) is 0. The molecule has 8 nitrogen and oxygen atoms in total. The molecule has 0 amide bonds. The van der Waals surface area contributed by atoms with Crippen molar-refractivity contribution in [2.24, 2.45) is 4.99 Å². The van der Waals surface area contributed by atoms with Gasteiger partial charge in [-0.3, -0.25) is 10.1 Å². The minimum Gasteiger partial charge on any atom is -0.421 e.